The lowest BCUT2D eigenvalue weighted by molar-refractivity contribution is -0.643. The van der Waals surface area contributed by atoms with E-state index >= 15 is 0 Å². The summed E-state index contributed by atoms with van der Waals surface area (Å²) in [4.78, 5) is 2.45. The van der Waals surface area contributed by atoms with Crippen molar-refractivity contribution >= 4 is 23.2 Å². The highest BCUT2D eigenvalue weighted by Gasteiger charge is 2.35. The molecule has 1 heterocycles. The Bertz CT molecular complexity index is 285. The maximum atomic E-state index is 6.52. The van der Waals surface area contributed by atoms with E-state index in [9.17, 15) is 0 Å². The maximum Gasteiger partial charge on any atom is 0.132 e. The average Bonchev–Trinajstić information content (AvgIpc) is 2.88. The normalized spacial score (nSPS) is 34.3. The second kappa shape index (κ2) is 7.84. The zero-order chi connectivity index (χ0) is 13.7. The number of halogens is 2. The molecule has 2 rings (SSSR count). The van der Waals surface area contributed by atoms with Gasteiger partial charge in [0.2, 0.25) is 0 Å². The summed E-state index contributed by atoms with van der Waals surface area (Å²) in [6, 6.07) is 0. The molecular formula is C14H25Cl2N2O+. The van der Waals surface area contributed by atoms with Gasteiger partial charge in [-0.15, -0.1) is 29.8 Å². The lowest BCUT2D eigenvalue weighted by atomic mass is 9.84. The van der Waals surface area contributed by atoms with Crippen LogP contribution in [0.5, 0.6) is 0 Å². The van der Waals surface area contributed by atoms with Gasteiger partial charge < -0.3 is 10.1 Å². The van der Waals surface area contributed by atoms with Gasteiger partial charge >= 0.3 is 0 Å². The van der Waals surface area contributed by atoms with Crippen molar-refractivity contribution in [3.05, 3.63) is 12.7 Å². The SMILES string of the molecule is C=CCOC(CN1CC[NH2+]C1)C1CCC(Cl)CC1Cl. The Kier molecular flexibility index (Phi) is 6.43. The predicted molar refractivity (Wildman–Crippen MR) is 79.8 cm³/mol. The van der Waals surface area contributed by atoms with Gasteiger partial charge in [-0.2, -0.15) is 0 Å². The summed E-state index contributed by atoms with van der Waals surface area (Å²) in [5.74, 6) is 0.414. The first-order valence-corrected chi connectivity index (χ1v) is 8.12. The molecule has 2 fully saturated rings. The maximum absolute atomic E-state index is 6.52. The summed E-state index contributed by atoms with van der Waals surface area (Å²) in [6.07, 6.45) is 5.04. The van der Waals surface area contributed by atoms with Crippen LogP contribution in [0.2, 0.25) is 0 Å². The van der Waals surface area contributed by atoms with Crippen LogP contribution < -0.4 is 5.32 Å². The van der Waals surface area contributed by atoms with Gasteiger partial charge in [0.1, 0.15) is 6.67 Å². The number of hydrogen-bond acceptors (Lipinski definition) is 2. The van der Waals surface area contributed by atoms with Gasteiger partial charge in [0, 0.05) is 23.2 Å². The lowest BCUT2D eigenvalue weighted by Gasteiger charge is -2.36. The van der Waals surface area contributed by atoms with Crippen LogP contribution in [-0.2, 0) is 4.74 Å². The molecule has 2 N–H and O–H groups in total. The van der Waals surface area contributed by atoms with Crippen molar-refractivity contribution in [2.45, 2.75) is 36.1 Å². The van der Waals surface area contributed by atoms with E-state index in [1.54, 1.807) is 0 Å². The fraction of sp³-hybridized carbons (Fsp3) is 0.857. The highest BCUT2D eigenvalue weighted by Crippen LogP contribution is 2.35. The van der Waals surface area contributed by atoms with Crippen molar-refractivity contribution < 1.29 is 10.1 Å². The summed E-state index contributed by atoms with van der Waals surface area (Å²) in [6.45, 7) is 8.73. The Morgan fingerprint density at radius 1 is 1.42 bits per heavy atom. The second-order valence-corrected chi connectivity index (χ2v) is 6.77. The molecule has 0 amide bonds. The first kappa shape index (κ1) is 15.6. The number of hydrogen-bond donors (Lipinski definition) is 1. The van der Waals surface area contributed by atoms with Crippen molar-refractivity contribution in [2.75, 3.05) is 32.9 Å². The Morgan fingerprint density at radius 3 is 2.89 bits per heavy atom. The highest BCUT2D eigenvalue weighted by atomic mass is 35.5. The summed E-state index contributed by atoms with van der Waals surface area (Å²) in [5, 5.41) is 2.70. The first-order valence-electron chi connectivity index (χ1n) is 7.25. The third-order valence-electron chi connectivity index (χ3n) is 4.14. The minimum absolute atomic E-state index is 0.137. The molecule has 0 spiro atoms. The number of nitrogens with zero attached hydrogens (tertiary/aromatic N) is 1. The van der Waals surface area contributed by atoms with Crippen molar-refractivity contribution in [1.29, 1.82) is 0 Å². The average molecular weight is 308 g/mol. The molecule has 1 aliphatic carbocycles. The molecule has 1 saturated carbocycles. The minimum atomic E-state index is 0.137. The molecule has 19 heavy (non-hydrogen) atoms. The third-order valence-corrected chi connectivity index (χ3v) is 5.04. The molecule has 4 atom stereocenters. The van der Waals surface area contributed by atoms with Crippen LogP contribution >= 0.6 is 23.2 Å². The van der Waals surface area contributed by atoms with Crippen LogP contribution in [-0.4, -0.2) is 54.7 Å². The molecule has 2 aliphatic rings. The van der Waals surface area contributed by atoms with E-state index < -0.39 is 0 Å². The van der Waals surface area contributed by atoms with E-state index in [0.29, 0.717) is 12.5 Å². The molecule has 1 saturated heterocycles. The number of alkyl halides is 2. The Balaban J connectivity index is 1.92. The van der Waals surface area contributed by atoms with E-state index in [1.807, 2.05) is 6.08 Å². The van der Waals surface area contributed by atoms with Crippen LogP contribution in [0.4, 0.5) is 0 Å². The number of ether oxygens (including phenoxy) is 1. The van der Waals surface area contributed by atoms with E-state index in [4.69, 9.17) is 27.9 Å². The van der Waals surface area contributed by atoms with Gasteiger partial charge in [-0.25, -0.2) is 4.90 Å². The third kappa shape index (κ3) is 4.61. The van der Waals surface area contributed by atoms with Gasteiger partial charge in [-0.05, 0) is 19.3 Å². The van der Waals surface area contributed by atoms with Crippen LogP contribution in [0.25, 0.3) is 0 Å². The Morgan fingerprint density at radius 2 is 2.26 bits per heavy atom. The molecule has 4 unspecified atom stereocenters. The smallest absolute Gasteiger partial charge is 0.132 e. The van der Waals surface area contributed by atoms with Crippen LogP contribution in [0.3, 0.4) is 0 Å². The van der Waals surface area contributed by atoms with Gasteiger partial charge in [0.15, 0.2) is 0 Å². The van der Waals surface area contributed by atoms with E-state index in [-0.39, 0.29) is 16.9 Å². The molecule has 0 aromatic carbocycles. The van der Waals surface area contributed by atoms with Crippen LogP contribution in [0.1, 0.15) is 19.3 Å². The van der Waals surface area contributed by atoms with Crippen LogP contribution in [0, 0.1) is 5.92 Å². The topological polar surface area (TPSA) is 29.1 Å². The van der Waals surface area contributed by atoms with E-state index in [2.05, 4.69) is 16.8 Å². The van der Waals surface area contributed by atoms with Crippen molar-refractivity contribution in [2.24, 2.45) is 5.92 Å². The molecule has 3 nitrogen and oxygen atoms in total. The van der Waals surface area contributed by atoms with E-state index in [1.165, 1.54) is 6.54 Å². The zero-order valence-corrected chi connectivity index (χ0v) is 13.0. The number of quaternary nitrogens is 1. The molecule has 0 radical (unpaired) electrons. The molecule has 110 valence electrons. The Hall–Kier alpha value is 0.200. The lowest BCUT2D eigenvalue weighted by Crippen LogP contribution is -2.82. The quantitative estimate of drug-likeness (QED) is 0.594. The first-order chi connectivity index (χ1) is 9.20. The summed E-state index contributed by atoms with van der Waals surface area (Å²) >= 11 is 12.7. The van der Waals surface area contributed by atoms with Gasteiger partial charge in [-0.1, -0.05) is 6.08 Å². The molecule has 0 aromatic heterocycles. The van der Waals surface area contributed by atoms with E-state index in [0.717, 1.165) is 39.0 Å². The van der Waals surface area contributed by atoms with Crippen LogP contribution in [0.15, 0.2) is 12.7 Å². The standard InChI is InChI=1S/C14H24Cl2N2O/c1-2-7-19-14(9-18-6-5-17-10-18)12-4-3-11(15)8-13(12)16/h2,11-14,17H,1,3-10H2/p+1. The monoisotopic (exact) mass is 307 g/mol. The molecule has 0 aromatic rings. The van der Waals surface area contributed by atoms with Crippen molar-refractivity contribution in [3.63, 3.8) is 0 Å². The Labute approximate surface area is 126 Å². The molecular weight excluding hydrogens is 283 g/mol. The molecule has 0 bridgehead atoms. The summed E-state index contributed by atoms with van der Waals surface area (Å²) in [5.41, 5.74) is 0. The second-order valence-electron chi connectivity index (χ2n) is 5.59. The summed E-state index contributed by atoms with van der Waals surface area (Å²) in [7, 11) is 0. The summed E-state index contributed by atoms with van der Waals surface area (Å²) < 4.78 is 6.00. The fourth-order valence-electron chi connectivity index (χ4n) is 3.07. The number of rotatable bonds is 6. The van der Waals surface area contributed by atoms with Gasteiger partial charge in [-0.3, -0.25) is 0 Å². The van der Waals surface area contributed by atoms with Gasteiger partial charge in [0.05, 0.1) is 25.8 Å². The predicted octanol–water partition coefficient (Wildman–Crippen LogP) is 1.41. The molecule has 5 heteroatoms. The largest absolute Gasteiger partial charge is 0.372 e. The highest BCUT2D eigenvalue weighted by molar-refractivity contribution is 6.24. The number of nitrogens with two attached hydrogens (primary N) is 1. The van der Waals surface area contributed by atoms with Crippen molar-refractivity contribution in [3.8, 4) is 0 Å². The fourth-order valence-corrected chi connectivity index (χ4v) is 3.99. The molecule has 1 aliphatic heterocycles. The van der Waals surface area contributed by atoms with Gasteiger partial charge in [0.25, 0.3) is 0 Å². The van der Waals surface area contributed by atoms with Crippen molar-refractivity contribution in [1.82, 2.24) is 4.90 Å². The zero-order valence-electron chi connectivity index (χ0n) is 11.4. The minimum Gasteiger partial charge on any atom is -0.372 e.